The molecule has 0 aliphatic carbocycles. The summed E-state index contributed by atoms with van der Waals surface area (Å²) in [6.45, 7) is 0.996. The van der Waals surface area contributed by atoms with Crippen LogP contribution >= 0.6 is 0 Å². The molecule has 0 saturated carbocycles. The summed E-state index contributed by atoms with van der Waals surface area (Å²) in [5, 5.41) is 30.4. The summed E-state index contributed by atoms with van der Waals surface area (Å²) in [5.74, 6) is 2.70. The summed E-state index contributed by atoms with van der Waals surface area (Å²) < 4.78 is 7.07. The van der Waals surface area contributed by atoms with Gasteiger partial charge in [0.2, 0.25) is 0 Å². The van der Waals surface area contributed by atoms with Gasteiger partial charge in [-0.3, -0.25) is 0 Å². The maximum absolute atomic E-state index is 10.6. The molecule has 3 rings (SSSR count). The maximum Gasteiger partial charge on any atom is 0.167 e. The molecule has 1 saturated heterocycles. The van der Waals surface area contributed by atoms with Crippen molar-refractivity contribution in [3.8, 4) is 12.3 Å². The van der Waals surface area contributed by atoms with Crippen LogP contribution in [0.4, 0.5) is 5.82 Å². The van der Waals surface area contributed by atoms with E-state index in [4.69, 9.17) is 16.9 Å². The molecule has 22 heavy (non-hydrogen) atoms. The molecule has 8 nitrogen and oxygen atoms in total. The van der Waals surface area contributed by atoms with Gasteiger partial charge in [-0.1, -0.05) is 5.92 Å². The first-order chi connectivity index (χ1) is 10.4. The maximum atomic E-state index is 10.6. The van der Waals surface area contributed by atoms with Crippen LogP contribution in [0.1, 0.15) is 18.7 Å². The lowest BCUT2D eigenvalue weighted by Gasteiger charge is -2.27. The summed E-state index contributed by atoms with van der Waals surface area (Å²) in [4.78, 5) is 8.04. The number of hydrogen-bond donors (Lipinski definition) is 4. The molecule has 0 spiro atoms. The molecule has 0 bridgehead atoms. The number of anilines is 1. The third-order valence-corrected chi connectivity index (χ3v) is 3.98. The van der Waals surface area contributed by atoms with Gasteiger partial charge in [0.25, 0.3) is 0 Å². The summed E-state index contributed by atoms with van der Waals surface area (Å²) >= 11 is 0. The minimum absolute atomic E-state index is 0.216. The molecule has 2 unspecified atom stereocenters. The average molecular weight is 304 g/mol. The van der Waals surface area contributed by atoms with Crippen molar-refractivity contribution < 1.29 is 20.1 Å². The second-order valence-corrected chi connectivity index (χ2v) is 5.43. The number of aromatic nitrogens is 3. The minimum atomic E-state index is -1.63. The van der Waals surface area contributed by atoms with Crippen molar-refractivity contribution in [2.24, 2.45) is 0 Å². The second-order valence-electron chi connectivity index (χ2n) is 5.43. The predicted octanol–water partition coefficient (Wildman–Crippen LogP) is -1.00. The van der Waals surface area contributed by atoms with E-state index in [0.717, 1.165) is 0 Å². The van der Waals surface area contributed by atoms with Gasteiger partial charge in [0, 0.05) is 6.20 Å². The number of aliphatic hydroxyl groups excluding tert-OH is 2. The van der Waals surface area contributed by atoms with Crippen LogP contribution in [0.5, 0.6) is 0 Å². The Kier molecular flexibility index (Phi) is 3.30. The fraction of sp³-hybridized carbons (Fsp3) is 0.429. The van der Waals surface area contributed by atoms with E-state index in [0.29, 0.717) is 16.6 Å². The molecule has 1 aliphatic heterocycles. The quantitative estimate of drug-likeness (QED) is 0.524. The number of nitrogens with two attached hydrogens (primary N) is 1. The van der Waals surface area contributed by atoms with E-state index in [1.54, 1.807) is 6.20 Å². The third kappa shape index (κ3) is 1.88. The Hall–Kier alpha value is -2.18. The fourth-order valence-corrected chi connectivity index (χ4v) is 2.79. The molecule has 116 valence electrons. The van der Waals surface area contributed by atoms with Crippen molar-refractivity contribution in [1.82, 2.24) is 14.5 Å². The topological polar surface area (TPSA) is 127 Å². The monoisotopic (exact) mass is 304 g/mol. The summed E-state index contributed by atoms with van der Waals surface area (Å²) in [6.07, 6.45) is 5.17. The van der Waals surface area contributed by atoms with E-state index in [2.05, 4.69) is 15.9 Å². The molecular weight excluding hydrogens is 288 g/mol. The fourth-order valence-electron chi connectivity index (χ4n) is 2.79. The third-order valence-electron chi connectivity index (χ3n) is 3.98. The van der Waals surface area contributed by atoms with Crippen molar-refractivity contribution in [1.29, 1.82) is 0 Å². The standard InChI is InChI=1S/C14H16N4O4/c1-3-7-4-18(12-9(7)11(15)16-6-17-12)13-14(2,21)10(20)8(5-19)22-13/h1,4,6,8,10,13,19-21H,5H2,2H3,(H2,15,16,17)/t8?,10-,13?,14+/m1/s1. The van der Waals surface area contributed by atoms with Crippen LogP contribution in [0.2, 0.25) is 0 Å². The van der Waals surface area contributed by atoms with Crippen molar-refractivity contribution in [3.05, 3.63) is 18.1 Å². The van der Waals surface area contributed by atoms with E-state index >= 15 is 0 Å². The second kappa shape index (κ2) is 4.93. The Morgan fingerprint density at radius 2 is 2.27 bits per heavy atom. The van der Waals surface area contributed by atoms with Crippen LogP contribution in [-0.2, 0) is 4.74 Å². The normalized spacial score (nSPS) is 31.5. The van der Waals surface area contributed by atoms with Gasteiger partial charge in [-0.25, -0.2) is 9.97 Å². The first kappa shape index (κ1) is 14.7. The molecule has 2 aromatic heterocycles. The summed E-state index contributed by atoms with van der Waals surface area (Å²) in [6, 6.07) is 0. The largest absolute Gasteiger partial charge is 0.394 e. The summed E-state index contributed by atoms with van der Waals surface area (Å²) in [7, 11) is 0. The van der Waals surface area contributed by atoms with Crippen LogP contribution < -0.4 is 5.73 Å². The van der Waals surface area contributed by atoms with E-state index < -0.39 is 30.6 Å². The predicted molar refractivity (Wildman–Crippen MR) is 77.5 cm³/mol. The molecule has 0 amide bonds. The molecule has 3 heterocycles. The highest BCUT2D eigenvalue weighted by Crippen LogP contribution is 2.40. The van der Waals surface area contributed by atoms with Crippen LogP contribution in [-0.4, -0.2) is 54.3 Å². The van der Waals surface area contributed by atoms with Gasteiger partial charge in [-0.2, -0.15) is 0 Å². The lowest BCUT2D eigenvalue weighted by molar-refractivity contribution is -0.0948. The SMILES string of the molecule is C#Cc1cn(C2OC(CO)[C@@H](O)[C@]2(C)O)c2ncnc(N)c12. The number of nitrogens with zero attached hydrogens (tertiary/aromatic N) is 3. The van der Waals surface area contributed by atoms with Crippen LogP contribution in [0.25, 0.3) is 11.0 Å². The number of nitrogen functional groups attached to an aromatic ring is 1. The molecule has 4 atom stereocenters. The Morgan fingerprint density at radius 3 is 2.86 bits per heavy atom. The number of rotatable bonds is 2. The molecule has 8 heteroatoms. The Morgan fingerprint density at radius 1 is 1.55 bits per heavy atom. The van der Waals surface area contributed by atoms with E-state index in [1.807, 2.05) is 0 Å². The summed E-state index contributed by atoms with van der Waals surface area (Å²) in [5.41, 5.74) is 5.05. The van der Waals surface area contributed by atoms with Gasteiger partial charge >= 0.3 is 0 Å². The number of terminal acetylenes is 1. The van der Waals surface area contributed by atoms with Crippen molar-refractivity contribution in [3.63, 3.8) is 0 Å². The highest BCUT2D eigenvalue weighted by molar-refractivity contribution is 5.92. The molecule has 5 N–H and O–H groups in total. The number of fused-ring (bicyclic) bond motifs is 1. The Bertz CT molecular complexity index is 764. The lowest BCUT2D eigenvalue weighted by atomic mass is 9.96. The van der Waals surface area contributed by atoms with Gasteiger partial charge in [0.05, 0.1) is 17.6 Å². The number of hydrogen-bond acceptors (Lipinski definition) is 7. The van der Waals surface area contributed by atoms with Gasteiger partial charge in [-0.15, -0.1) is 6.42 Å². The molecule has 0 radical (unpaired) electrons. The Balaban J connectivity index is 2.20. The van der Waals surface area contributed by atoms with Gasteiger partial charge < -0.3 is 30.4 Å². The zero-order valence-corrected chi connectivity index (χ0v) is 11.8. The molecule has 1 aliphatic rings. The van der Waals surface area contributed by atoms with E-state index in [-0.39, 0.29) is 5.82 Å². The van der Waals surface area contributed by atoms with Gasteiger partial charge in [-0.05, 0) is 6.92 Å². The lowest BCUT2D eigenvalue weighted by Crippen LogP contribution is -2.44. The smallest absolute Gasteiger partial charge is 0.167 e. The highest BCUT2D eigenvalue weighted by Gasteiger charge is 2.53. The highest BCUT2D eigenvalue weighted by atomic mass is 16.6. The first-order valence-electron chi connectivity index (χ1n) is 6.66. The van der Waals surface area contributed by atoms with Gasteiger partial charge in [0.1, 0.15) is 35.6 Å². The molecule has 2 aromatic rings. The van der Waals surface area contributed by atoms with Crippen molar-refractivity contribution >= 4 is 16.9 Å². The molecule has 1 fully saturated rings. The van der Waals surface area contributed by atoms with E-state index in [1.165, 1.54) is 17.8 Å². The number of ether oxygens (including phenoxy) is 1. The number of aliphatic hydroxyl groups is 3. The van der Waals surface area contributed by atoms with Crippen LogP contribution in [0.3, 0.4) is 0 Å². The zero-order valence-electron chi connectivity index (χ0n) is 11.8. The first-order valence-corrected chi connectivity index (χ1v) is 6.66. The molecule has 0 aromatic carbocycles. The zero-order chi connectivity index (χ0) is 16.1. The molecular formula is C14H16N4O4. The minimum Gasteiger partial charge on any atom is -0.394 e. The average Bonchev–Trinajstić information content (AvgIpc) is 2.97. The van der Waals surface area contributed by atoms with Crippen molar-refractivity contribution in [2.75, 3.05) is 12.3 Å². The van der Waals surface area contributed by atoms with E-state index in [9.17, 15) is 15.3 Å². The Labute approximate surface area is 126 Å². The van der Waals surface area contributed by atoms with Gasteiger partial charge in [0.15, 0.2) is 6.23 Å². The van der Waals surface area contributed by atoms with Crippen LogP contribution in [0.15, 0.2) is 12.5 Å². The van der Waals surface area contributed by atoms with Crippen LogP contribution in [0, 0.1) is 12.3 Å². The van der Waals surface area contributed by atoms with Crippen molar-refractivity contribution in [2.45, 2.75) is 31.0 Å².